The maximum absolute atomic E-state index is 5.02. The van der Waals surface area contributed by atoms with Crippen LogP contribution >= 0.6 is 0 Å². The SMILES string of the molecule is COCCn1cc(Nc2nc3ccc(C)cn3n2)cn1. The van der Waals surface area contributed by atoms with Crippen molar-refractivity contribution < 1.29 is 4.74 Å². The molecule has 7 nitrogen and oxygen atoms in total. The number of nitrogens with zero attached hydrogens (tertiary/aromatic N) is 5. The Morgan fingerprint density at radius 2 is 2.20 bits per heavy atom. The molecule has 0 bridgehead atoms. The first-order valence-electron chi connectivity index (χ1n) is 6.36. The highest BCUT2D eigenvalue weighted by Crippen LogP contribution is 2.13. The van der Waals surface area contributed by atoms with Gasteiger partial charge in [0.25, 0.3) is 0 Å². The van der Waals surface area contributed by atoms with Gasteiger partial charge in [0.1, 0.15) is 0 Å². The van der Waals surface area contributed by atoms with E-state index >= 15 is 0 Å². The highest BCUT2D eigenvalue weighted by atomic mass is 16.5. The number of aryl methyl sites for hydroxylation is 1. The Morgan fingerprint density at radius 1 is 1.30 bits per heavy atom. The van der Waals surface area contributed by atoms with Crippen molar-refractivity contribution in [2.45, 2.75) is 13.5 Å². The monoisotopic (exact) mass is 272 g/mol. The number of rotatable bonds is 5. The molecule has 1 N–H and O–H groups in total. The van der Waals surface area contributed by atoms with E-state index in [9.17, 15) is 0 Å². The van der Waals surface area contributed by atoms with Gasteiger partial charge in [-0.1, -0.05) is 6.07 Å². The van der Waals surface area contributed by atoms with Crippen molar-refractivity contribution in [3.8, 4) is 0 Å². The Hall–Kier alpha value is -2.41. The first-order valence-corrected chi connectivity index (χ1v) is 6.36. The average Bonchev–Trinajstić information content (AvgIpc) is 3.02. The molecule has 3 heterocycles. The van der Waals surface area contributed by atoms with E-state index in [0.29, 0.717) is 12.6 Å². The van der Waals surface area contributed by atoms with Crippen LogP contribution in [0.25, 0.3) is 5.65 Å². The van der Waals surface area contributed by atoms with Gasteiger partial charge in [-0.2, -0.15) is 10.1 Å². The summed E-state index contributed by atoms with van der Waals surface area (Å²) in [4.78, 5) is 4.40. The molecule has 0 aliphatic heterocycles. The highest BCUT2D eigenvalue weighted by Gasteiger charge is 2.05. The molecule has 20 heavy (non-hydrogen) atoms. The fraction of sp³-hybridized carbons (Fsp3) is 0.308. The van der Waals surface area contributed by atoms with E-state index in [4.69, 9.17) is 4.74 Å². The van der Waals surface area contributed by atoms with Crippen LogP contribution in [0, 0.1) is 6.92 Å². The maximum atomic E-state index is 5.02. The predicted molar refractivity (Wildman–Crippen MR) is 75.1 cm³/mol. The second-order valence-electron chi connectivity index (χ2n) is 4.55. The van der Waals surface area contributed by atoms with E-state index in [2.05, 4.69) is 20.5 Å². The number of methoxy groups -OCH3 is 1. The first-order chi connectivity index (χ1) is 9.74. The molecule has 3 aromatic heterocycles. The lowest BCUT2D eigenvalue weighted by Crippen LogP contribution is -2.03. The van der Waals surface area contributed by atoms with Gasteiger partial charge in [-0.15, -0.1) is 5.10 Å². The second-order valence-corrected chi connectivity index (χ2v) is 4.55. The molecule has 0 fully saturated rings. The Morgan fingerprint density at radius 3 is 3.05 bits per heavy atom. The second kappa shape index (κ2) is 5.30. The van der Waals surface area contributed by atoms with E-state index in [1.807, 2.05) is 36.1 Å². The summed E-state index contributed by atoms with van der Waals surface area (Å²) in [6.45, 7) is 3.37. The zero-order chi connectivity index (χ0) is 13.9. The van der Waals surface area contributed by atoms with E-state index in [0.717, 1.165) is 23.4 Å². The third-order valence-electron chi connectivity index (χ3n) is 2.89. The van der Waals surface area contributed by atoms with Gasteiger partial charge in [0, 0.05) is 19.5 Å². The van der Waals surface area contributed by atoms with Crippen molar-refractivity contribution >= 4 is 17.3 Å². The summed E-state index contributed by atoms with van der Waals surface area (Å²) < 4.78 is 8.58. The number of ether oxygens (including phenoxy) is 1. The molecule has 0 aromatic carbocycles. The van der Waals surface area contributed by atoms with Crippen molar-refractivity contribution in [1.82, 2.24) is 24.4 Å². The zero-order valence-corrected chi connectivity index (χ0v) is 11.4. The molecular formula is C13H16N6O. The van der Waals surface area contributed by atoms with Crippen LogP contribution in [-0.2, 0) is 11.3 Å². The summed E-state index contributed by atoms with van der Waals surface area (Å²) in [6.07, 6.45) is 5.58. The standard InChI is InChI=1S/C13H16N6O/c1-10-3-4-12-16-13(17-19(12)8-10)15-11-7-14-18(9-11)5-6-20-2/h3-4,7-9H,5-6H2,1-2H3,(H,15,17). The quantitative estimate of drug-likeness (QED) is 0.764. The molecule has 0 saturated heterocycles. The van der Waals surface area contributed by atoms with Crippen molar-refractivity contribution in [3.63, 3.8) is 0 Å². The fourth-order valence-corrected chi connectivity index (χ4v) is 1.90. The lowest BCUT2D eigenvalue weighted by atomic mass is 10.3. The molecule has 0 amide bonds. The van der Waals surface area contributed by atoms with Crippen LogP contribution in [-0.4, -0.2) is 38.1 Å². The number of aromatic nitrogens is 5. The minimum atomic E-state index is 0.557. The molecule has 104 valence electrons. The molecule has 0 aliphatic rings. The number of pyridine rings is 1. The number of nitrogens with one attached hydrogen (secondary N) is 1. The van der Waals surface area contributed by atoms with Gasteiger partial charge < -0.3 is 10.1 Å². The summed E-state index contributed by atoms with van der Waals surface area (Å²) in [6, 6.07) is 3.95. The van der Waals surface area contributed by atoms with E-state index in [1.54, 1.807) is 17.8 Å². The molecule has 0 saturated carbocycles. The lowest BCUT2D eigenvalue weighted by Gasteiger charge is -1.98. The van der Waals surface area contributed by atoms with Crippen LogP contribution in [0.3, 0.4) is 0 Å². The van der Waals surface area contributed by atoms with Gasteiger partial charge in [0.05, 0.1) is 25.0 Å². The van der Waals surface area contributed by atoms with Crippen LogP contribution in [0.5, 0.6) is 0 Å². The summed E-state index contributed by atoms with van der Waals surface area (Å²) in [5, 5.41) is 11.7. The molecule has 0 aliphatic carbocycles. The minimum absolute atomic E-state index is 0.557. The normalized spacial score (nSPS) is 11.1. The average molecular weight is 272 g/mol. The van der Waals surface area contributed by atoms with Gasteiger partial charge in [-0.05, 0) is 18.6 Å². The largest absolute Gasteiger partial charge is 0.383 e. The maximum Gasteiger partial charge on any atom is 0.247 e. The van der Waals surface area contributed by atoms with Crippen molar-refractivity contribution in [2.24, 2.45) is 0 Å². The van der Waals surface area contributed by atoms with Gasteiger partial charge in [-0.25, -0.2) is 4.52 Å². The molecular weight excluding hydrogens is 256 g/mol. The van der Waals surface area contributed by atoms with Crippen LogP contribution in [0.2, 0.25) is 0 Å². The lowest BCUT2D eigenvalue weighted by molar-refractivity contribution is 0.183. The molecule has 0 spiro atoms. The third kappa shape index (κ3) is 2.62. The number of fused-ring (bicyclic) bond motifs is 1. The molecule has 7 heteroatoms. The topological polar surface area (TPSA) is 69.3 Å². The van der Waals surface area contributed by atoms with Crippen LogP contribution < -0.4 is 5.32 Å². The number of hydrogen-bond donors (Lipinski definition) is 1. The third-order valence-corrected chi connectivity index (χ3v) is 2.89. The molecule has 0 unspecified atom stereocenters. The smallest absolute Gasteiger partial charge is 0.247 e. The molecule has 3 aromatic rings. The summed E-state index contributed by atoms with van der Waals surface area (Å²) in [7, 11) is 1.67. The van der Waals surface area contributed by atoms with Gasteiger partial charge in [-0.3, -0.25) is 4.68 Å². The van der Waals surface area contributed by atoms with Crippen LogP contribution in [0.1, 0.15) is 5.56 Å². The van der Waals surface area contributed by atoms with Crippen LogP contribution in [0.15, 0.2) is 30.7 Å². The van der Waals surface area contributed by atoms with Crippen molar-refractivity contribution in [3.05, 3.63) is 36.3 Å². The Labute approximate surface area is 116 Å². The minimum Gasteiger partial charge on any atom is -0.383 e. The van der Waals surface area contributed by atoms with Gasteiger partial charge >= 0.3 is 0 Å². The zero-order valence-electron chi connectivity index (χ0n) is 11.4. The molecule has 0 radical (unpaired) electrons. The summed E-state index contributed by atoms with van der Waals surface area (Å²) in [5.74, 6) is 0.557. The Kier molecular flexibility index (Phi) is 3.34. The van der Waals surface area contributed by atoms with Gasteiger partial charge in [0.2, 0.25) is 5.95 Å². The van der Waals surface area contributed by atoms with Crippen molar-refractivity contribution in [2.75, 3.05) is 19.0 Å². The highest BCUT2D eigenvalue weighted by molar-refractivity contribution is 5.53. The van der Waals surface area contributed by atoms with Crippen molar-refractivity contribution in [1.29, 1.82) is 0 Å². The predicted octanol–water partition coefficient (Wildman–Crippen LogP) is 1.62. The first kappa shape index (κ1) is 12.6. The Bertz CT molecular complexity index is 717. The van der Waals surface area contributed by atoms with Gasteiger partial charge in [0.15, 0.2) is 5.65 Å². The summed E-state index contributed by atoms with van der Waals surface area (Å²) >= 11 is 0. The molecule has 0 atom stereocenters. The Balaban J connectivity index is 1.76. The number of hydrogen-bond acceptors (Lipinski definition) is 5. The summed E-state index contributed by atoms with van der Waals surface area (Å²) in [5.41, 5.74) is 2.81. The number of anilines is 2. The van der Waals surface area contributed by atoms with E-state index in [1.165, 1.54) is 0 Å². The van der Waals surface area contributed by atoms with E-state index < -0.39 is 0 Å². The van der Waals surface area contributed by atoms with E-state index in [-0.39, 0.29) is 0 Å². The molecule has 3 rings (SSSR count). The van der Waals surface area contributed by atoms with Crippen LogP contribution in [0.4, 0.5) is 11.6 Å². The fourth-order valence-electron chi connectivity index (χ4n) is 1.90.